The van der Waals surface area contributed by atoms with E-state index in [1.54, 1.807) is 16.3 Å². The van der Waals surface area contributed by atoms with Crippen LogP contribution in [0.4, 0.5) is 0 Å². The first-order chi connectivity index (χ1) is 12.3. The van der Waals surface area contributed by atoms with Crippen LogP contribution in [0.15, 0.2) is 48.0 Å². The molecule has 0 amide bonds. The smallest absolute Gasteiger partial charge is 1.00 e. The molecule has 0 bridgehead atoms. The molecule has 3 rings (SSSR count). The monoisotopic (exact) mass is 523 g/mol. The van der Waals surface area contributed by atoms with Crippen LogP contribution in [0.2, 0.25) is 32.7 Å². The van der Waals surface area contributed by atoms with Gasteiger partial charge in [-0.2, -0.15) is 0 Å². The summed E-state index contributed by atoms with van der Waals surface area (Å²) >= 11 is -0.349. The zero-order chi connectivity index (χ0) is 18.9. The molecular weight excluding hydrogens is 495 g/mol. The molecular formula is C23H31Cl2Si2Zr. The number of rotatable bonds is 6. The summed E-state index contributed by atoms with van der Waals surface area (Å²) in [6.45, 7) is 14.6. The summed E-state index contributed by atoms with van der Waals surface area (Å²) in [5.41, 5.74) is 7.76. The van der Waals surface area contributed by atoms with Gasteiger partial charge in [-0.05, 0) is 0 Å². The summed E-state index contributed by atoms with van der Waals surface area (Å²) in [5, 5.41) is 1.55. The predicted octanol–water partition coefficient (Wildman–Crippen LogP) is 0.479. The maximum Gasteiger partial charge on any atom is -1.00 e. The fourth-order valence-corrected chi connectivity index (χ4v) is 13.9. The first-order valence-corrected chi connectivity index (χ1v) is 20.9. The van der Waals surface area contributed by atoms with E-state index in [9.17, 15) is 0 Å². The number of hydrogen-bond acceptors (Lipinski definition) is 0. The first-order valence-electron chi connectivity index (χ1n) is 9.82. The molecule has 0 aliphatic heterocycles. The van der Waals surface area contributed by atoms with Gasteiger partial charge in [-0.25, -0.2) is 0 Å². The van der Waals surface area contributed by atoms with Gasteiger partial charge in [0.05, 0.1) is 0 Å². The summed E-state index contributed by atoms with van der Waals surface area (Å²) in [4.78, 5) is 0. The summed E-state index contributed by atoms with van der Waals surface area (Å²) in [5.74, 6) is -0.0743. The summed E-state index contributed by atoms with van der Waals surface area (Å²) in [6, 6.07) is 16.5. The van der Waals surface area contributed by atoms with Crippen molar-refractivity contribution in [2.24, 2.45) is 0 Å². The molecule has 5 heteroatoms. The molecule has 0 spiro atoms. The molecule has 1 atom stereocenters. The van der Waals surface area contributed by atoms with E-state index in [0.29, 0.717) is 0 Å². The molecule has 0 saturated carbocycles. The Morgan fingerprint density at radius 3 is 2.14 bits per heavy atom. The third kappa shape index (κ3) is 5.82. The van der Waals surface area contributed by atoms with E-state index in [-0.39, 0.29) is 53.1 Å². The molecule has 149 valence electrons. The maximum atomic E-state index is 2.57. The van der Waals surface area contributed by atoms with Crippen LogP contribution in [0.5, 0.6) is 0 Å². The molecule has 1 unspecified atom stereocenters. The van der Waals surface area contributed by atoms with Crippen LogP contribution < -0.4 is 30.0 Å². The number of hydrogen-bond donors (Lipinski definition) is 0. The van der Waals surface area contributed by atoms with Crippen molar-refractivity contribution in [1.29, 1.82) is 0 Å². The molecule has 28 heavy (non-hydrogen) atoms. The normalized spacial score (nSPS) is 15.2. The van der Waals surface area contributed by atoms with Gasteiger partial charge >= 0.3 is 174 Å². The third-order valence-corrected chi connectivity index (χ3v) is 16.2. The van der Waals surface area contributed by atoms with Gasteiger partial charge in [0, 0.05) is 0 Å². The Balaban J connectivity index is 0.00000196. The van der Waals surface area contributed by atoms with E-state index in [2.05, 4.69) is 88.2 Å². The van der Waals surface area contributed by atoms with Gasteiger partial charge in [0.2, 0.25) is 0 Å². The molecule has 0 fully saturated rings. The van der Waals surface area contributed by atoms with Crippen molar-refractivity contribution in [2.75, 3.05) is 0 Å². The average Bonchev–Trinajstić information content (AvgIpc) is 2.92. The van der Waals surface area contributed by atoms with Crippen LogP contribution in [0, 0.1) is 0 Å². The van der Waals surface area contributed by atoms with Crippen molar-refractivity contribution in [3.05, 3.63) is 59.2 Å². The zero-order valence-electron chi connectivity index (χ0n) is 17.9. The minimum absolute atomic E-state index is 0. The molecule has 1 radical (unpaired) electrons. The minimum Gasteiger partial charge on any atom is -1.00 e. The van der Waals surface area contributed by atoms with Crippen molar-refractivity contribution in [2.45, 2.75) is 56.1 Å². The quantitative estimate of drug-likeness (QED) is 0.482. The fraction of sp³-hybridized carbons (Fsp3) is 0.391. The number of benzene rings is 2. The molecule has 2 aromatic carbocycles. The van der Waals surface area contributed by atoms with Crippen LogP contribution >= 0.6 is 0 Å². The van der Waals surface area contributed by atoms with Crippen LogP contribution in [0.1, 0.15) is 34.5 Å². The molecule has 2 aromatic rings. The molecule has 0 saturated heterocycles. The van der Waals surface area contributed by atoms with Crippen LogP contribution in [0.25, 0.3) is 17.2 Å². The molecule has 1 aliphatic carbocycles. The summed E-state index contributed by atoms with van der Waals surface area (Å²) in [7, 11) is -1.23. The Labute approximate surface area is 197 Å². The van der Waals surface area contributed by atoms with E-state index < -0.39 is 8.07 Å². The van der Waals surface area contributed by atoms with E-state index >= 15 is 0 Å². The van der Waals surface area contributed by atoms with Crippen molar-refractivity contribution < 1.29 is 47.2 Å². The van der Waals surface area contributed by atoms with Crippen molar-refractivity contribution in [3.8, 4) is 11.1 Å². The Kier molecular flexibility index (Phi) is 10.2. The fourth-order valence-electron chi connectivity index (χ4n) is 3.83. The van der Waals surface area contributed by atoms with Gasteiger partial charge in [-0.3, -0.25) is 0 Å². The van der Waals surface area contributed by atoms with Crippen LogP contribution in [0.3, 0.4) is 0 Å². The van der Waals surface area contributed by atoms with E-state index in [1.165, 1.54) is 29.5 Å². The molecule has 0 N–H and O–H groups in total. The zero-order valence-corrected chi connectivity index (χ0v) is 23.8. The van der Waals surface area contributed by atoms with Crippen LogP contribution in [-0.2, 0) is 22.4 Å². The topological polar surface area (TPSA) is 0 Å². The Morgan fingerprint density at radius 2 is 1.61 bits per heavy atom. The third-order valence-electron chi connectivity index (χ3n) is 5.18. The van der Waals surface area contributed by atoms with E-state index in [4.69, 9.17) is 0 Å². The largest absolute Gasteiger partial charge is 1.00 e. The second-order valence-electron chi connectivity index (χ2n) is 8.68. The van der Waals surface area contributed by atoms with Crippen molar-refractivity contribution in [3.63, 3.8) is 0 Å². The minimum atomic E-state index is -1.23. The predicted molar refractivity (Wildman–Crippen MR) is 118 cm³/mol. The molecule has 0 aromatic heterocycles. The first kappa shape index (κ1) is 26.1. The summed E-state index contributed by atoms with van der Waals surface area (Å²) in [6.07, 6.45) is 5.12. The summed E-state index contributed by atoms with van der Waals surface area (Å²) < 4.78 is 0.832. The second kappa shape index (κ2) is 10.9. The SMILES string of the molecule is CCCC1=Cc2c(-c3ccc([Si](C)(C)C)cc3)cccc2[CH]1[Zr+2][Si](C)C.[Cl-].[Cl-]. The number of allylic oxidation sites excluding steroid dienone is 1. The Morgan fingerprint density at radius 1 is 0.964 bits per heavy atom. The maximum absolute atomic E-state index is 2.57. The van der Waals surface area contributed by atoms with Gasteiger partial charge in [-0.15, -0.1) is 0 Å². The molecule has 1 aliphatic rings. The molecule has 0 nitrogen and oxygen atoms in total. The standard InChI is InChI=1S/C21H25Si.C2H6Si.2ClH.Zr/c1-5-7-16-14-18-8-6-9-20(21(18)15-16)17-10-12-19(13-11-17)22(2,3)4;1-3-2;;;/h6,8-15H,5,7H2,1-4H3;1-2H3;2*1H;/q;;;;+2/p-2. The van der Waals surface area contributed by atoms with Gasteiger partial charge < -0.3 is 24.8 Å². The Bertz CT molecular complexity index is 808. The Hall–Kier alpha value is 0.0769. The van der Waals surface area contributed by atoms with Gasteiger partial charge in [-0.1, -0.05) is 0 Å². The molecule has 0 heterocycles. The van der Waals surface area contributed by atoms with Crippen LogP contribution in [-0.4, -0.2) is 14.0 Å². The van der Waals surface area contributed by atoms with Gasteiger partial charge in [0.25, 0.3) is 0 Å². The second-order valence-corrected chi connectivity index (χ2v) is 27.0. The van der Waals surface area contributed by atoms with E-state index in [1.807, 2.05) is 0 Å². The van der Waals surface area contributed by atoms with E-state index in [0.717, 1.165) is 3.63 Å². The average molecular weight is 526 g/mol. The van der Waals surface area contributed by atoms with Gasteiger partial charge in [0.15, 0.2) is 0 Å². The van der Waals surface area contributed by atoms with Crippen molar-refractivity contribution in [1.82, 2.24) is 0 Å². The number of fused-ring (bicyclic) bond motifs is 1. The number of halogens is 2. The van der Waals surface area contributed by atoms with Gasteiger partial charge in [0.1, 0.15) is 0 Å². The van der Waals surface area contributed by atoms with Crippen molar-refractivity contribution >= 4 is 25.3 Å².